The molecule has 0 bridgehead atoms. The number of allylic oxidation sites excluding steroid dienone is 1. The normalized spacial score (nSPS) is 10.7. The van der Waals surface area contributed by atoms with E-state index in [9.17, 15) is 4.79 Å². The Morgan fingerprint density at radius 1 is 0.839 bits per heavy atom. The van der Waals surface area contributed by atoms with E-state index in [0.29, 0.717) is 17.5 Å². The molecule has 2 nitrogen and oxygen atoms in total. The lowest BCUT2D eigenvalue weighted by Gasteiger charge is -2.13. The Labute approximate surface area is 183 Å². The van der Waals surface area contributed by atoms with Crippen LogP contribution in [0.4, 0.5) is 0 Å². The molecule has 4 rings (SSSR count). The van der Waals surface area contributed by atoms with E-state index in [0.717, 1.165) is 22.4 Å². The first-order valence-electron chi connectivity index (χ1n) is 10.5. The lowest BCUT2D eigenvalue weighted by atomic mass is 9.93. The molecule has 154 valence electrons. The molecule has 4 aromatic rings. The first-order valence-corrected chi connectivity index (χ1v) is 10.5. The Kier molecular flexibility index (Phi) is 5.99. The summed E-state index contributed by atoms with van der Waals surface area (Å²) in [6.07, 6.45) is 2.75. The molecule has 0 amide bonds. The van der Waals surface area contributed by atoms with Gasteiger partial charge in [0, 0.05) is 17.5 Å². The van der Waals surface area contributed by atoms with Crippen molar-refractivity contribution in [1.82, 2.24) is 0 Å². The van der Waals surface area contributed by atoms with Crippen LogP contribution in [0.5, 0.6) is 5.75 Å². The summed E-state index contributed by atoms with van der Waals surface area (Å²) >= 11 is 0. The second-order valence-electron chi connectivity index (χ2n) is 7.98. The minimum absolute atomic E-state index is 0.0231. The molecule has 0 heterocycles. The van der Waals surface area contributed by atoms with E-state index in [4.69, 9.17) is 4.74 Å². The highest BCUT2D eigenvalue weighted by Gasteiger charge is 2.15. The predicted octanol–water partition coefficient (Wildman–Crippen LogP) is 7.09. The molecule has 0 unspecified atom stereocenters. The van der Waals surface area contributed by atoms with Crippen molar-refractivity contribution in [2.24, 2.45) is 0 Å². The minimum atomic E-state index is 0.0231. The minimum Gasteiger partial charge on any atom is -0.496 e. The fraction of sp³-hybridized carbons (Fsp3) is 0.138. The highest BCUT2D eigenvalue weighted by molar-refractivity contribution is 6.11. The van der Waals surface area contributed by atoms with E-state index in [-0.39, 0.29) is 5.78 Å². The Balaban J connectivity index is 1.75. The van der Waals surface area contributed by atoms with Gasteiger partial charge in [0.2, 0.25) is 0 Å². The highest BCUT2D eigenvalue weighted by Crippen LogP contribution is 2.28. The van der Waals surface area contributed by atoms with Gasteiger partial charge in [-0.1, -0.05) is 78.4 Å². The summed E-state index contributed by atoms with van der Waals surface area (Å²) in [4.78, 5) is 13.4. The number of benzene rings is 4. The zero-order valence-electron chi connectivity index (χ0n) is 18.2. The van der Waals surface area contributed by atoms with Crippen LogP contribution in [0, 0.1) is 0 Å². The second kappa shape index (κ2) is 9.01. The molecule has 0 aliphatic carbocycles. The Morgan fingerprint density at radius 3 is 2.39 bits per heavy atom. The fourth-order valence-electron chi connectivity index (χ4n) is 4.01. The standard InChI is InChI=1S/C29H26O2/c1-20(2)17-22-10-5-7-14-27(22)29(30)24-15-16-28(31-3)25(19-24)18-23-12-8-11-21-9-4-6-13-26(21)23/h4-17,19H,18H2,1-3H3. The van der Waals surface area contributed by atoms with Gasteiger partial charge in [-0.05, 0) is 59.5 Å². The van der Waals surface area contributed by atoms with Gasteiger partial charge in [-0.3, -0.25) is 4.79 Å². The van der Waals surface area contributed by atoms with Gasteiger partial charge < -0.3 is 4.74 Å². The number of ketones is 1. The fourth-order valence-corrected chi connectivity index (χ4v) is 4.01. The van der Waals surface area contributed by atoms with Gasteiger partial charge in [-0.15, -0.1) is 0 Å². The van der Waals surface area contributed by atoms with Crippen molar-refractivity contribution in [2.45, 2.75) is 20.3 Å². The van der Waals surface area contributed by atoms with Gasteiger partial charge >= 0.3 is 0 Å². The SMILES string of the molecule is COc1ccc(C(=O)c2ccccc2C=C(C)C)cc1Cc1cccc2ccccc12. The van der Waals surface area contributed by atoms with Crippen LogP contribution in [0.15, 0.2) is 90.5 Å². The van der Waals surface area contributed by atoms with Gasteiger partial charge in [-0.25, -0.2) is 0 Å². The Hall–Kier alpha value is -3.65. The molecule has 0 atom stereocenters. The van der Waals surface area contributed by atoms with Gasteiger partial charge in [0.15, 0.2) is 5.78 Å². The van der Waals surface area contributed by atoms with E-state index in [2.05, 4.69) is 42.5 Å². The maximum atomic E-state index is 13.4. The first-order chi connectivity index (χ1) is 15.1. The average molecular weight is 407 g/mol. The first kappa shape index (κ1) is 20.6. The molecule has 4 aromatic carbocycles. The van der Waals surface area contributed by atoms with E-state index >= 15 is 0 Å². The summed E-state index contributed by atoms with van der Waals surface area (Å²) in [6.45, 7) is 4.08. The van der Waals surface area contributed by atoms with Crippen LogP contribution in [-0.4, -0.2) is 12.9 Å². The van der Waals surface area contributed by atoms with Crippen LogP contribution in [0.1, 0.15) is 46.5 Å². The van der Waals surface area contributed by atoms with Crippen molar-refractivity contribution >= 4 is 22.6 Å². The second-order valence-corrected chi connectivity index (χ2v) is 7.98. The smallest absolute Gasteiger partial charge is 0.193 e. The number of fused-ring (bicyclic) bond motifs is 1. The molecule has 31 heavy (non-hydrogen) atoms. The number of hydrogen-bond donors (Lipinski definition) is 0. The quantitative estimate of drug-likeness (QED) is 0.319. The third-order valence-corrected chi connectivity index (χ3v) is 5.45. The molecule has 0 aliphatic rings. The van der Waals surface area contributed by atoms with Crippen LogP contribution in [0.2, 0.25) is 0 Å². The van der Waals surface area contributed by atoms with E-state index < -0.39 is 0 Å². The summed E-state index contributed by atoms with van der Waals surface area (Å²) in [6, 6.07) is 28.2. The van der Waals surface area contributed by atoms with Gasteiger partial charge in [-0.2, -0.15) is 0 Å². The largest absolute Gasteiger partial charge is 0.496 e. The lowest BCUT2D eigenvalue weighted by Crippen LogP contribution is -2.05. The molecule has 0 radical (unpaired) electrons. The number of carbonyl (C=O) groups excluding carboxylic acids is 1. The number of methoxy groups -OCH3 is 1. The molecule has 0 aliphatic heterocycles. The predicted molar refractivity (Wildman–Crippen MR) is 129 cm³/mol. The average Bonchev–Trinajstić information content (AvgIpc) is 2.79. The van der Waals surface area contributed by atoms with E-state index in [1.807, 2.05) is 62.4 Å². The Morgan fingerprint density at radius 2 is 1.58 bits per heavy atom. The molecule has 0 saturated carbocycles. The van der Waals surface area contributed by atoms with Crippen molar-refractivity contribution in [1.29, 1.82) is 0 Å². The monoisotopic (exact) mass is 406 g/mol. The van der Waals surface area contributed by atoms with Gasteiger partial charge in [0.1, 0.15) is 5.75 Å². The van der Waals surface area contributed by atoms with Crippen LogP contribution in [-0.2, 0) is 6.42 Å². The summed E-state index contributed by atoms with van der Waals surface area (Å²) in [5, 5.41) is 2.43. The van der Waals surface area contributed by atoms with Crippen molar-refractivity contribution in [3.8, 4) is 5.75 Å². The molecule has 2 heteroatoms. The number of carbonyl (C=O) groups is 1. The van der Waals surface area contributed by atoms with Gasteiger partial charge in [0.05, 0.1) is 7.11 Å². The van der Waals surface area contributed by atoms with Crippen molar-refractivity contribution < 1.29 is 9.53 Å². The van der Waals surface area contributed by atoms with Gasteiger partial charge in [0.25, 0.3) is 0 Å². The molecule has 0 saturated heterocycles. The molecular weight excluding hydrogens is 380 g/mol. The molecule has 0 spiro atoms. The zero-order valence-corrected chi connectivity index (χ0v) is 18.2. The number of ether oxygens (including phenoxy) is 1. The number of hydrogen-bond acceptors (Lipinski definition) is 2. The maximum absolute atomic E-state index is 13.4. The molecule has 0 N–H and O–H groups in total. The van der Waals surface area contributed by atoms with Crippen LogP contribution >= 0.6 is 0 Å². The van der Waals surface area contributed by atoms with Crippen LogP contribution in [0.3, 0.4) is 0 Å². The highest BCUT2D eigenvalue weighted by atomic mass is 16.5. The molecule has 0 fully saturated rings. The lowest BCUT2D eigenvalue weighted by molar-refractivity contribution is 0.103. The van der Waals surface area contributed by atoms with Crippen LogP contribution in [0.25, 0.3) is 16.8 Å². The van der Waals surface area contributed by atoms with Crippen molar-refractivity contribution in [2.75, 3.05) is 7.11 Å². The van der Waals surface area contributed by atoms with E-state index in [1.54, 1.807) is 7.11 Å². The maximum Gasteiger partial charge on any atom is 0.193 e. The Bertz CT molecular complexity index is 1270. The summed E-state index contributed by atoms with van der Waals surface area (Å²) < 4.78 is 5.63. The molecule has 0 aromatic heterocycles. The van der Waals surface area contributed by atoms with E-state index in [1.165, 1.54) is 16.3 Å². The zero-order chi connectivity index (χ0) is 21.8. The topological polar surface area (TPSA) is 26.3 Å². The third kappa shape index (κ3) is 4.44. The van der Waals surface area contributed by atoms with Crippen LogP contribution < -0.4 is 4.74 Å². The molecular formula is C29H26O2. The summed E-state index contributed by atoms with van der Waals surface area (Å²) in [7, 11) is 1.67. The van der Waals surface area contributed by atoms with Crippen molar-refractivity contribution in [3.05, 3.63) is 118 Å². The summed E-state index contributed by atoms with van der Waals surface area (Å²) in [5.74, 6) is 0.817. The third-order valence-electron chi connectivity index (χ3n) is 5.45. The summed E-state index contributed by atoms with van der Waals surface area (Å²) in [5.41, 5.74) is 5.71. The number of rotatable bonds is 6. The van der Waals surface area contributed by atoms with Crippen molar-refractivity contribution in [3.63, 3.8) is 0 Å².